The molecular weight excluding hydrogens is 779 g/mol. The van der Waals surface area contributed by atoms with E-state index in [1.54, 1.807) is 37.4 Å². The minimum absolute atomic E-state index is 0.0267. The predicted molar refractivity (Wildman–Crippen MR) is 233 cm³/mol. The largest absolute Gasteiger partial charge is 0.505 e. The molecule has 14 nitrogen and oxygen atoms in total. The van der Waals surface area contributed by atoms with E-state index in [-0.39, 0.29) is 16.3 Å². The zero-order chi connectivity index (χ0) is 42.4. The standard InChI is InChI=1S/C45H39N9O5S/c1-27-22-35(14-20-38(27)49-47-34-15-21-39(28(2)23-34)50-51-40-8-6-7-9-44(40)60(56,57)58)48-53-42-24-30(4)43(25-29(42)3)54-52-41-19-10-31-26-33(13-18-37(31)45(41)55)46-32-11-16-36(59-5)17-12-32/h6-26,46,55H,1-5H3,(H,56,57,58). The van der Waals surface area contributed by atoms with Crippen molar-refractivity contribution in [3.63, 3.8) is 0 Å². The van der Waals surface area contributed by atoms with Gasteiger partial charge in [0.25, 0.3) is 10.1 Å². The Bertz CT molecular complexity index is 2980. The van der Waals surface area contributed by atoms with Gasteiger partial charge in [-0.3, -0.25) is 4.55 Å². The number of fused-ring (bicyclic) bond motifs is 1. The number of hydrogen-bond donors (Lipinski definition) is 3. The highest BCUT2D eigenvalue weighted by Gasteiger charge is 2.15. The van der Waals surface area contributed by atoms with E-state index in [0.717, 1.165) is 44.8 Å². The number of rotatable bonds is 12. The Morgan fingerprint density at radius 1 is 0.500 bits per heavy atom. The maximum absolute atomic E-state index is 11.7. The molecule has 0 saturated heterocycles. The lowest BCUT2D eigenvalue weighted by molar-refractivity contribution is 0.415. The highest BCUT2D eigenvalue weighted by Crippen LogP contribution is 2.39. The van der Waals surface area contributed by atoms with Crippen LogP contribution < -0.4 is 10.1 Å². The van der Waals surface area contributed by atoms with Crippen LogP contribution in [-0.2, 0) is 10.1 Å². The van der Waals surface area contributed by atoms with Gasteiger partial charge in [-0.15, -0.1) is 10.2 Å². The van der Waals surface area contributed by atoms with E-state index in [4.69, 9.17) is 4.74 Å². The first-order chi connectivity index (χ1) is 28.8. The van der Waals surface area contributed by atoms with E-state index in [0.29, 0.717) is 45.2 Å². The number of phenols is 1. The Morgan fingerprint density at radius 2 is 1.00 bits per heavy atom. The number of benzene rings is 7. The van der Waals surface area contributed by atoms with Gasteiger partial charge in [-0.05, 0) is 165 Å². The molecule has 0 fully saturated rings. The fraction of sp³-hybridized carbons (Fsp3) is 0.111. The predicted octanol–water partition coefficient (Wildman–Crippen LogP) is 14.4. The Morgan fingerprint density at radius 3 is 1.60 bits per heavy atom. The number of anilines is 2. The number of methoxy groups -OCH3 is 1. The molecule has 0 amide bonds. The third-order valence-corrected chi connectivity index (χ3v) is 10.3. The molecule has 0 aliphatic heterocycles. The number of nitrogens with one attached hydrogen (secondary N) is 1. The number of aromatic hydroxyl groups is 1. The summed E-state index contributed by atoms with van der Waals surface area (Å²) in [5, 5.41) is 50.8. The van der Waals surface area contributed by atoms with Crippen LogP contribution in [-0.4, -0.2) is 25.2 Å². The molecule has 0 unspecified atom stereocenters. The summed E-state index contributed by atoms with van der Waals surface area (Å²) in [7, 11) is -2.81. The van der Waals surface area contributed by atoms with Gasteiger partial charge in [-0.25, -0.2) is 0 Å². The van der Waals surface area contributed by atoms with Crippen molar-refractivity contribution in [1.82, 2.24) is 0 Å². The number of phenolic OH excluding ortho intramolecular Hbond substituents is 1. The summed E-state index contributed by atoms with van der Waals surface area (Å²) in [6.45, 7) is 7.57. The van der Waals surface area contributed by atoms with Crippen LogP contribution in [0.1, 0.15) is 22.3 Å². The van der Waals surface area contributed by atoms with Gasteiger partial charge in [0.2, 0.25) is 0 Å². The third kappa shape index (κ3) is 9.61. The number of ether oxygens (including phenoxy) is 1. The number of nitrogens with zero attached hydrogens (tertiary/aromatic N) is 8. The molecule has 7 aromatic carbocycles. The van der Waals surface area contributed by atoms with E-state index in [1.165, 1.54) is 18.2 Å². The summed E-state index contributed by atoms with van der Waals surface area (Å²) in [4.78, 5) is -0.324. The lowest BCUT2D eigenvalue weighted by Gasteiger charge is -2.10. The van der Waals surface area contributed by atoms with Crippen molar-refractivity contribution >= 4 is 77.8 Å². The smallest absolute Gasteiger partial charge is 0.296 e. The quantitative estimate of drug-likeness (QED) is 0.0810. The first kappa shape index (κ1) is 40.7. The Balaban J connectivity index is 0.993. The average molecular weight is 818 g/mol. The van der Waals surface area contributed by atoms with Crippen molar-refractivity contribution < 1.29 is 22.8 Å². The van der Waals surface area contributed by atoms with Crippen molar-refractivity contribution in [2.24, 2.45) is 40.9 Å². The molecule has 7 aromatic rings. The van der Waals surface area contributed by atoms with Crippen LogP contribution in [0.5, 0.6) is 11.5 Å². The minimum Gasteiger partial charge on any atom is -0.505 e. The van der Waals surface area contributed by atoms with Gasteiger partial charge in [0.05, 0.1) is 41.2 Å². The molecular formula is C45H39N9O5S. The van der Waals surface area contributed by atoms with Gasteiger partial charge in [-0.2, -0.15) is 39.1 Å². The molecule has 0 spiro atoms. The first-order valence-electron chi connectivity index (χ1n) is 18.6. The molecule has 60 heavy (non-hydrogen) atoms. The lowest BCUT2D eigenvalue weighted by atomic mass is 10.1. The molecule has 0 bridgehead atoms. The van der Waals surface area contributed by atoms with Crippen LogP contribution in [0.4, 0.5) is 56.9 Å². The fourth-order valence-electron chi connectivity index (χ4n) is 6.13. The number of aryl methyl sites for hydroxylation is 4. The van der Waals surface area contributed by atoms with Crippen molar-refractivity contribution in [1.29, 1.82) is 0 Å². The van der Waals surface area contributed by atoms with Gasteiger partial charge in [-0.1, -0.05) is 18.2 Å². The second-order valence-electron chi connectivity index (χ2n) is 13.8. The van der Waals surface area contributed by atoms with Crippen molar-refractivity contribution in [2.45, 2.75) is 32.6 Å². The number of azo groups is 4. The topological polar surface area (TPSA) is 195 Å². The highest BCUT2D eigenvalue weighted by molar-refractivity contribution is 7.86. The normalized spacial score (nSPS) is 12.1. The van der Waals surface area contributed by atoms with Gasteiger partial charge in [0, 0.05) is 16.8 Å². The second-order valence-corrected chi connectivity index (χ2v) is 15.2. The van der Waals surface area contributed by atoms with Crippen molar-refractivity contribution in [2.75, 3.05) is 12.4 Å². The van der Waals surface area contributed by atoms with Gasteiger partial charge in [0.15, 0.2) is 5.75 Å². The zero-order valence-corrected chi connectivity index (χ0v) is 34.0. The average Bonchev–Trinajstić information content (AvgIpc) is 3.23. The molecule has 0 aliphatic rings. The summed E-state index contributed by atoms with van der Waals surface area (Å²) < 4.78 is 38.0. The highest BCUT2D eigenvalue weighted by atomic mass is 32.2. The van der Waals surface area contributed by atoms with Crippen molar-refractivity contribution in [3.05, 3.63) is 150 Å². The van der Waals surface area contributed by atoms with E-state index >= 15 is 0 Å². The van der Waals surface area contributed by atoms with Crippen LogP contribution >= 0.6 is 0 Å². The van der Waals surface area contributed by atoms with Crippen LogP contribution in [0.25, 0.3) is 10.8 Å². The summed E-state index contributed by atoms with van der Waals surface area (Å²) in [6.07, 6.45) is 0. The summed E-state index contributed by atoms with van der Waals surface area (Å²) in [5.74, 6) is 0.826. The molecule has 300 valence electrons. The summed E-state index contributed by atoms with van der Waals surface area (Å²) in [6, 6.07) is 37.3. The molecule has 15 heteroatoms. The molecule has 0 radical (unpaired) electrons. The van der Waals surface area contributed by atoms with Gasteiger partial charge in [0.1, 0.15) is 22.0 Å². The summed E-state index contributed by atoms with van der Waals surface area (Å²) >= 11 is 0. The van der Waals surface area contributed by atoms with E-state index in [1.807, 2.05) is 107 Å². The van der Waals surface area contributed by atoms with E-state index in [9.17, 15) is 18.1 Å². The maximum Gasteiger partial charge on any atom is 0.296 e. The fourth-order valence-corrected chi connectivity index (χ4v) is 6.75. The molecule has 3 N–H and O–H groups in total. The first-order valence-corrected chi connectivity index (χ1v) is 20.0. The zero-order valence-electron chi connectivity index (χ0n) is 33.2. The SMILES string of the molecule is COc1ccc(Nc2ccc3c(O)c(N=Nc4cc(C)c(N=Nc5ccc(N=Nc6ccc(N=Nc7ccccc7S(=O)(=O)O)c(C)c6)c(C)c5)cc4C)ccc3c2)cc1. The minimum atomic E-state index is -4.44. The van der Waals surface area contributed by atoms with Gasteiger partial charge >= 0.3 is 0 Å². The second kappa shape index (κ2) is 17.6. The maximum atomic E-state index is 11.7. The lowest BCUT2D eigenvalue weighted by Crippen LogP contribution is -1.97. The van der Waals surface area contributed by atoms with Crippen LogP contribution in [0.15, 0.2) is 173 Å². The van der Waals surface area contributed by atoms with Crippen LogP contribution in [0.3, 0.4) is 0 Å². The Kier molecular flexibility index (Phi) is 11.9. The van der Waals surface area contributed by atoms with E-state index < -0.39 is 10.1 Å². The van der Waals surface area contributed by atoms with Crippen molar-refractivity contribution in [3.8, 4) is 11.5 Å². The van der Waals surface area contributed by atoms with Crippen LogP contribution in [0, 0.1) is 27.7 Å². The Labute approximate surface area is 346 Å². The molecule has 0 saturated carbocycles. The third-order valence-electron chi connectivity index (χ3n) is 9.44. The monoisotopic (exact) mass is 817 g/mol. The molecule has 0 heterocycles. The van der Waals surface area contributed by atoms with E-state index in [2.05, 4.69) is 46.2 Å². The number of hydrogen-bond acceptors (Lipinski definition) is 13. The molecule has 0 aliphatic carbocycles. The Hall–Kier alpha value is -7.49. The van der Waals surface area contributed by atoms with Gasteiger partial charge < -0.3 is 15.2 Å². The van der Waals surface area contributed by atoms with Crippen LogP contribution in [0.2, 0.25) is 0 Å². The summed E-state index contributed by atoms with van der Waals surface area (Å²) in [5.41, 5.74) is 9.18. The molecule has 0 atom stereocenters. The molecule has 7 rings (SSSR count). The molecule has 0 aromatic heterocycles.